The SMILES string of the molecule is O=C(Cn1c(=O)c(=O)n(CCN2CCOCC2)c2ccccc21)O[C@@H](Cc1c(Cl)c[nH+]cc1Cl)c1ccc(OC(F)F)c(OCC2CC2)c1. The van der Waals surface area contributed by atoms with E-state index in [1.165, 1.54) is 35.2 Å². The van der Waals surface area contributed by atoms with Crippen LogP contribution in [0.4, 0.5) is 8.78 Å². The van der Waals surface area contributed by atoms with Crippen LogP contribution < -0.4 is 25.6 Å². The Morgan fingerprint density at radius 1 is 0.939 bits per heavy atom. The number of pyridine rings is 1. The molecule has 1 saturated carbocycles. The number of ether oxygens (including phenoxy) is 4. The van der Waals surface area contributed by atoms with Crippen molar-refractivity contribution in [1.29, 1.82) is 0 Å². The van der Waals surface area contributed by atoms with Gasteiger partial charge in [0.15, 0.2) is 23.9 Å². The van der Waals surface area contributed by atoms with Crippen LogP contribution in [0.25, 0.3) is 11.0 Å². The van der Waals surface area contributed by atoms with E-state index < -0.39 is 36.3 Å². The van der Waals surface area contributed by atoms with Crippen LogP contribution in [0.15, 0.2) is 64.4 Å². The maximum absolute atomic E-state index is 13.7. The summed E-state index contributed by atoms with van der Waals surface area (Å²) in [5, 5.41) is 0.554. The fourth-order valence-electron chi connectivity index (χ4n) is 5.75. The number of esters is 1. The number of benzene rings is 2. The van der Waals surface area contributed by atoms with E-state index in [0.29, 0.717) is 54.4 Å². The molecule has 2 aromatic heterocycles. The lowest BCUT2D eigenvalue weighted by molar-refractivity contribution is -0.377. The van der Waals surface area contributed by atoms with Gasteiger partial charge >= 0.3 is 23.7 Å². The minimum atomic E-state index is -3.08. The highest BCUT2D eigenvalue weighted by Crippen LogP contribution is 2.37. The van der Waals surface area contributed by atoms with Crippen LogP contribution in [0.5, 0.6) is 11.5 Å². The highest BCUT2D eigenvalue weighted by molar-refractivity contribution is 6.35. The van der Waals surface area contributed by atoms with Crippen LogP contribution >= 0.6 is 23.2 Å². The minimum absolute atomic E-state index is 0.00597. The van der Waals surface area contributed by atoms with Crippen molar-refractivity contribution in [2.75, 3.05) is 39.5 Å². The number of hydrogen-bond donors (Lipinski definition) is 0. The zero-order valence-corrected chi connectivity index (χ0v) is 27.9. The molecule has 0 spiro atoms. The molecule has 0 unspecified atom stereocenters. The average Bonchev–Trinajstić information content (AvgIpc) is 3.92. The number of carbonyl (C=O) groups is 1. The first-order valence-corrected chi connectivity index (χ1v) is 16.7. The second-order valence-electron chi connectivity index (χ2n) is 11.9. The second kappa shape index (κ2) is 15.7. The number of fused-ring (bicyclic) bond motifs is 1. The number of halogens is 4. The first-order chi connectivity index (χ1) is 23.7. The third kappa shape index (κ3) is 8.58. The van der Waals surface area contributed by atoms with Gasteiger partial charge in [0.2, 0.25) is 0 Å². The summed E-state index contributed by atoms with van der Waals surface area (Å²) in [5.41, 5.74) is 0.0909. The zero-order chi connectivity index (χ0) is 34.5. The number of nitrogens with zero attached hydrogens (tertiary/aromatic N) is 3. The van der Waals surface area contributed by atoms with Gasteiger partial charge in [0.25, 0.3) is 0 Å². The number of aromatic amines is 1. The molecule has 6 rings (SSSR count). The standard InChI is InChI=1S/C34H34Cl2F2N4O7/c35-24-17-39-18-25(36)23(24)16-29(22-7-8-28(49-34(37)38)30(15-22)47-20-21-5-6-21)48-31(43)19-42-27-4-2-1-3-26(27)41(32(44)33(42)45)10-9-40-11-13-46-14-12-40/h1-4,7-8,15,17-18,21,29,34H,5-6,9-14,16,19-20H2/p+1/t29-/m0/s1. The largest absolute Gasteiger partial charge is 0.489 e. The number of nitrogens with one attached hydrogen (secondary N) is 1. The quantitative estimate of drug-likeness (QED) is 0.138. The fraction of sp³-hybridized carbons (Fsp3) is 0.412. The van der Waals surface area contributed by atoms with E-state index in [1.807, 2.05) is 0 Å². The topological polar surface area (TPSA) is 115 Å². The lowest BCUT2D eigenvalue weighted by Gasteiger charge is -2.27. The van der Waals surface area contributed by atoms with E-state index in [-0.39, 0.29) is 34.5 Å². The number of alkyl halides is 2. The summed E-state index contributed by atoms with van der Waals surface area (Å²) < 4.78 is 50.9. The van der Waals surface area contributed by atoms with Gasteiger partial charge in [-0.3, -0.25) is 23.9 Å². The molecule has 2 aliphatic rings. The molecule has 0 amide bonds. The Kier molecular flexibility index (Phi) is 11.1. The van der Waals surface area contributed by atoms with E-state index in [4.69, 9.17) is 37.4 Å². The van der Waals surface area contributed by atoms with E-state index >= 15 is 0 Å². The maximum atomic E-state index is 13.7. The molecular formula is C34H35Cl2F2N4O7+. The van der Waals surface area contributed by atoms with E-state index in [9.17, 15) is 23.2 Å². The molecule has 0 bridgehead atoms. The number of morpholine rings is 1. The lowest BCUT2D eigenvalue weighted by atomic mass is 10.0. The average molecular weight is 721 g/mol. The molecule has 4 aromatic rings. The third-order valence-corrected chi connectivity index (χ3v) is 9.23. The third-order valence-electron chi connectivity index (χ3n) is 8.55. The van der Waals surface area contributed by atoms with Crippen LogP contribution in [0.1, 0.15) is 30.1 Å². The van der Waals surface area contributed by atoms with Gasteiger partial charge in [-0.1, -0.05) is 41.4 Å². The van der Waals surface area contributed by atoms with Gasteiger partial charge in [-0.2, -0.15) is 8.78 Å². The van der Waals surface area contributed by atoms with Crippen molar-refractivity contribution in [2.24, 2.45) is 5.92 Å². The van der Waals surface area contributed by atoms with Crippen molar-refractivity contribution in [1.82, 2.24) is 14.0 Å². The molecule has 1 atom stereocenters. The molecule has 1 saturated heterocycles. The molecule has 2 aromatic carbocycles. The summed E-state index contributed by atoms with van der Waals surface area (Å²) in [4.78, 5) is 45.5. The van der Waals surface area contributed by atoms with E-state index in [1.54, 1.807) is 24.3 Å². The Bertz CT molecular complexity index is 1910. The minimum Gasteiger partial charge on any atom is -0.489 e. The molecule has 1 aliphatic heterocycles. The Morgan fingerprint density at radius 3 is 2.29 bits per heavy atom. The smallest absolute Gasteiger partial charge is 0.387 e. The number of para-hydroxylation sites is 2. The van der Waals surface area contributed by atoms with Gasteiger partial charge in [0.1, 0.15) is 22.7 Å². The first kappa shape index (κ1) is 34.8. The molecule has 11 nitrogen and oxygen atoms in total. The molecular weight excluding hydrogens is 685 g/mol. The molecule has 2 fully saturated rings. The van der Waals surface area contributed by atoms with Gasteiger partial charge in [0, 0.05) is 38.2 Å². The zero-order valence-electron chi connectivity index (χ0n) is 26.4. The molecule has 49 heavy (non-hydrogen) atoms. The Labute approximate surface area is 289 Å². The van der Waals surface area contributed by atoms with Crippen molar-refractivity contribution < 1.29 is 37.5 Å². The maximum Gasteiger partial charge on any atom is 0.387 e. The summed E-state index contributed by atoms with van der Waals surface area (Å²) in [6.45, 7) is 0.155. The summed E-state index contributed by atoms with van der Waals surface area (Å²) in [7, 11) is 0. The first-order valence-electron chi connectivity index (χ1n) is 16.0. The summed E-state index contributed by atoms with van der Waals surface area (Å²) in [6, 6.07) is 11.1. The van der Waals surface area contributed by atoms with Gasteiger partial charge in [0.05, 0.1) is 30.9 Å². The lowest BCUT2D eigenvalue weighted by Crippen LogP contribution is -2.45. The summed E-state index contributed by atoms with van der Waals surface area (Å²) in [5.74, 6) is -0.613. The number of rotatable bonds is 14. The predicted octanol–water partition coefficient (Wildman–Crippen LogP) is 4.53. The van der Waals surface area contributed by atoms with Crippen LogP contribution in [-0.2, 0) is 33.8 Å². The van der Waals surface area contributed by atoms with Crippen LogP contribution in [-0.4, -0.2) is 66.1 Å². The van der Waals surface area contributed by atoms with Gasteiger partial charge in [-0.25, -0.2) is 4.98 Å². The van der Waals surface area contributed by atoms with E-state index in [2.05, 4.69) is 14.6 Å². The Balaban J connectivity index is 1.30. The molecule has 0 radical (unpaired) electrons. The molecule has 15 heteroatoms. The van der Waals surface area contributed by atoms with Crippen molar-refractivity contribution in [3.8, 4) is 11.5 Å². The summed E-state index contributed by atoms with van der Waals surface area (Å²) in [6.07, 6.45) is 3.92. The van der Waals surface area contributed by atoms with Crippen molar-refractivity contribution in [2.45, 2.75) is 45.1 Å². The molecule has 260 valence electrons. The fourth-order valence-corrected chi connectivity index (χ4v) is 6.28. The highest BCUT2D eigenvalue weighted by Gasteiger charge is 2.27. The second-order valence-corrected chi connectivity index (χ2v) is 12.8. The predicted molar refractivity (Wildman–Crippen MR) is 177 cm³/mol. The molecule has 1 aliphatic carbocycles. The van der Waals surface area contributed by atoms with Crippen molar-refractivity contribution in [3.63, 3.8) is 0 Å². The molecule has 1 N–H and O–H groups in total. The summed E-state index contributed by atoms with van der Waals surface area (Å²) >= 11 is 12.9. The highest BCUT2D eigenvalue weighted by atomic mass is 35.5. The van der Waals surface area contributed by atoms with Crippen molar-refractivity contribution in [3.05, 3.63) is 96.7 Å². The molecule has 3 heterocycles. The normalized spacial score (nSPS) is 15.8. The van der Waals surface area contributed by atoms with Crippen LogP contribution in [0.3, 0.4) is 0 Å². The van der Waals surface area contributed by atoms with Crippen LogP contribution in [0, 0.1) is 5.92 Å². The number of H-pyrrole nitrogens is 1. The van der Waals surface area contributed by atoms with Gasteiger partial charge < -0.3 is 23.5 Å². The Hall–Kier alpha value is -4.04. The number of aromatic nitrogens is 3. The van der Waals surface area contributed by atoms with E-state index in [0.717, 1.165) is 30.5 Å². The van der Waals surface area contributed by atoms with Crippen LogP contribution in [0.2, 0.25) is 10.0 Å². The number of hydrogen-bond acceptors (Lipinski definition) is 8. The van der Waals surface area contributed by atoms with Crippen molar-refractivity contribution >= 4 is 40.2 Å². The number of carbonyl (C=O) groups excluding carboxylic acids is 1. The van der Waals surface area contributed by atoms with Gasteiger partial charge in [-0.05, 0) is 48.6 Å². The Morgan fingerprint density at radius 2 is 1.61 bits per heavy atom. The van der Waals surface area contributed by atoms with Gasteiger partial charge in [-0.15, -0.1) is 0 Å². The monoisotopic (exact) mass is 719 g/mol.